The van der Waals surface area contributed by atoms with E-state index in [1.165, 1.54) is 13.2 Å². The van der Waals surface area contributed by atoms with Crippen molar-refractivity contribution >= 4 is 23.6 Å². The Morgan fingerprint density at radius 2 is 2.05 bits per heavy atom. The average molecular weight is 315 g/mol. The lowest BCUT2D eigenvalue weighted by molar-refractivity contribution is -0.136. The molecule has 2 aromatic rings. The summed E-state index contributed by atoms with van der Waals surface area (Å²) in [7, 11) is 1.21. The Balaban J connectivity index is 2.41. The van der Waals surface area contributed by atoms with Gasteiger partial charge in [-0.2, -0.15) is 0 Å². The molecule has 0 atom stereocenters. The molecule has 6 nitrogen and oxygen atoms in total. The molecule has 0 N–H and O–H groups in total. The zero-order valence-corrected chi connectivity index (χ0v) is 12.4. The molecule has 110 valence electrons. The number of hydrogen-bond donors (Lipinski definition) is 0. The topological polar surface area (TPSA) is 88.0 Å². The highest BCUT2D eigenvalue weighted by molar-refractivity contribution is 6.30. The van der Waals surface area contributed by atoms with Gasteiger partial charge in [-0.15, -0.1) is 0 Å². The van der Waals surface area contributed by atoms with E-state index in [1.807, 2.05) is 18.2 Å². The number of carbonyl (C=O) groups is 1. The highest BCUT2D eigenvalue weighted by atomic mass is 35.5. The minimum Gasteiger partial charge on any atom is -0.466 e. The molecule has 0 radical (unpaired) electrons. The number of carbonyl (C=O) groups excluding carboxylic acids is 1. The Morgan fingerprint density at radius 3 is 2.68 bits per heavy atom. The van der Waals surface area contributed by atoms with Gasteiger partial charge >= 0.3 is 5.97 Å². The number of methoxy groups -OCH3 is 1. The molecule has 0 aliphatic rings. The van der Waals surface area contributed by atoms with Crippen LogP contribution in [0, 0.1) is 0 Å². The Morgan fingerprint density at radius 1 is 1.32 bits per heavy atom. The summed E-state index contributed by atoms with van der Waals surface area (Å²) < 4.78 is 4.56. The molecular weight excluding hydrogens is 304 g/mol. The number of rotatable bonds is 4. The number of esters is 1. The first-order valence-corrected chi connectivity index (χ1v) is 6.58. The third-order valence-electron chi connectivity index (χ3n) is 2.79. The van der Waals surface area contributed by atoms with E-state index in [0.717, 1.165) is 11.1 Å². The fourth-order valence-corrected chi connectivity index (χ4v) is 1.90. The molecule has 0 spiro atoms. The minimum absolute atomic E-state index is 0.139. The maximum atomic E-state index is 11.5. The van der Waals surface area contributed by atoms with Gasteiger partial charge in [-0.25, -0.2) is 4.79 Å². The van der Waals surface area contributed by atoms with Crippen molar-refractivity contribution in [2.75, 3.05) is 7.11 Å². The summed E-state index contributed by atoms with van der Waals surface area (Å²) in [4.78, 5) is 18.2. The van der Waals surface area contributed by atoms with Gasteiger partial charge in [-0.1, -0.05) is 28.8 Å². The van der Waals surface area contributed by atoms with Crippen molar-refractivity contribution in [1.82, 2.24) is 4.98 Å². The summed E-state index contributed by atoms with van der Waals surface area (Å²) in [6.45, 7) is 0. The van der Waals surface area contributed by atoms with Gasteiger partial charge in [0.25, 0.3) is 0 Å². The quantitative estimate of drug-likeness (QED) is 0.278. The van der Waals surface area contributed by atoms with Gasteiger partial charge in [0.2, 0.25) is 0 Å². The van der Waals surface area contributed by atoms with Gasteiger partial charge in [-0.3, -0.25) is 4.98 Å². The van der Waals surface area contributed by atoms with Crippen LogP contribution in [0.2, 0.25) is 5.02 Å². The molecule has 0 unspecified atom stereocenters. The Hall–Kier alpha value is -2.82. The van der Waals surface area contributed by atoms with E-state index in [1.54, 1.807) is 24.5 Å². The first-order valence-electron chi connectivity index (χ1n) is 6.20. The van der Waals surface area contributed by atoms with Crippen LogP contribution in [0.1, 0.15) is 5.56 Å². The number of hydrogen-bond acceptors (Lipinski definition) is 4. The van der Waals surface area contributed by atoms with Gasteiger partial charge < -0.3 is 4.74 Å². The largest absolute Gasteiger partial charge is 0.466 e. The molecule has 0 fully saturated rings. The molecule has 0 amide bonds. The van der Waals surface area contributed by atoms with Gasteiger partial charge in [0.1, 0.15) is 5.70 Å². The fraction of sp³-hybridized carbons (Fsp3) is 0.0667. The van der Waals surface area contributed by atoms with E-state index in [9.17, 15) is 4.79 Å². The molecular formula is C15H11ClN4O2. The van der Waals surface area contributed by atoms with E-state index in [0.29, 0.717) is 10.6 Å². The van der Waals surface area contributed by atoms with E-state index in [2.05, 4.69) is 19.7 Å². The van der Waals surface area contributed by atoms with Crippen LogP contribution in [0.5, 0.6) is 0 Å². The molecule has 1 heterocycles. The number of nitrogens with zero attached hydrogens (tertiary/aromatic N) is 4. The van der Waals surface area contributed by atoms with Crippen molar-refractivity contribution in [3.63, 3.8) is 0 Å². The predicted molar refractivity (Wildman–Crippen MR) is 83.8 cm³/mol. The number of pyridine rings is 1. The van der Waals surface area contributed by atoms with Crippen LogP contribution in [-0.2, 0) is 9.53 Å². The molecule has 0 saturated carbocycles. The summed E-state index contributed by atoms with van der Waals surface area (Å²) in [5, 5.41) is 3.97. The van der Waals surface area contributed by atoms with Crippen molar-refractivity contribution < 1.29 is 9.53 Å². The van der Waals surface area contributed by atoms with E-state index in [-0.39, 0.29) is 5.70 Å². The van der Waals surface area contributed by atoms with Crippen LogP contribution in [-0.4, -0.2) is 18.1 Å². The first-order chi connectivity index (χ1) is 10.6. The molecule has 0 saturated heterocycles. The average Bonchev–Trinajstić information content (AvgIpc) is 2.54. The summed E-state index contributed by atoms with van der Waals surface area (Å²) in [5.74, 6) is -0.713. The maximum absolute atomic E-state index is 11.5. The number of benzene rings is 1. The predicted octanol–water partition coefficient (Wildman–Crippen LogP) is 4.23. The summed E-state index contributed by atoms with van der Waals surface area (Å²) in [6.07, 6.45) is 4.65. The Labute approximate surface area is 131 Å². The molecule has 1 aromatic heterocycles. The highest BCUT2D eigenvalue weighted by Crippen LogP contribution is 2.22. The van der Waals surface area contributed by atoms with E-state index < -0.39 is 5.97 Å². The fourth-order valence-electron chi connectivity index (χ4n) is 1.78. The van der Waals surface area contributed by atoms with Crippen molar-refractivity contribution in [3.8, 4) is 11.1 Å². The maximum Gasteiger partial charge on any atom is 0.340 e. The lowest BCUT2D eigenvalue weighted by Crippen LogP contribution is -2.01. The molecule has 0 aliphatic heterocycles. The van der Waals surface area contributed by atoms with Crippen LogP contribution < -0.4 is 0 Å². The monoisotopic (exact) mass is 314 g/mol. The van der Waals surface area contributed by atoms with Gasteiger partial charge in [0.15, 0.2) is 0 Å². The molecule has 0 aliphatic carbocycles. The second-order valence-electron chi connectivity index (χ2n) is 4.22. The highest BCUT2D eigenvalue weighted by Gasteiger charge is 2.08. The summed E-state index contributed by atoms with van der Waals surface area (Å²) in [5.41, 5.74) is 10.7. The second-order valence-corrected chi connectivity index (χ2v) is 4.66. The lowest BCUT2D eigenvalue weighted by Gasteiger charge is -2.03. The van der Waals surface area contributed by atoms with E-state index >= 15 is 0 Å². The zero-order valence-electron chi connectivity index (χ0n) is 11.6. The van der Waals surface area contributed by atoms with Gasteiger partial charge in [0.05, 0.1) is 7.11 Å². The number of halogens is 1. The normalized spacial score (nSPS) is 10.7. The van der Waals surface area contributed by atoms with Gasteiger partial charge in [-0.05, 0) is 40.9 Å². The van der Waals surface area contributed by atoms with Crippen LogP contribution in [0.4, 0.5) is 0 Å². The number of ether oxygens (including phenoxy) is 1. The summed E-state index contributed by atoms with van der Waals surface area (Å²) >= 11 is 5.86. The van der Waals surface area contributed by atoms with Crippen LogP contribution >= 0.6 is 11.6 Å². The molecule has 22 heavy (non-hydrogen) atoms. The van der Waals surface area contributed by atoms with Crippen LogP contribution in [0.3, 0.4) is 0 Å². The van der Waals surface area contributed by atoms with Crippen LogP contribution in [0.25, 0.3) is 27.6 Å². The SMILES string of the molecule is COC(=O)/C(=C/c1cncc(-c2ccc(Cl)cc2)c1)N=[N+]=[N-]. The second kappa shape index (κ2) is 7.26. The summed E-state index contributed by atoms with van der Waals surface area (Å²) in [6, 6.07) is 9.09. The van der Waals surface area contributed by atoms with Crippen molar-refractivity contribution in [3.05, 3.63) is 69.5 Å². The zero-order chi connectivity index (χ0) is 15.9. The smallest absolute Gasteiger partial charge is 0.340 e. The van der Waals surface area contributed by atoms with Crippen molar-refractivity contribution in [1.29, 1.82) is 0 Å². The molecule has 0 bridgehead atoms. The first kappa shape index (κ1) is 15.6. The van der Waals surface area contributed by atoms with Crippen molar-refractivity contribution in [2.45, 2.75) is 0 Å². The van der Waals surface area contributed by atoms with Crippen molar-refractivity contribution in [2.24, 2.45) is 5.11 Å². The van der Waals surface area contributed by atoms with Crippen LogP contribution in [0.15, 0.2) is 53.5 Å². The Kier molecular flexibility index (Phi) is 5.14. The van der Waals surface area contributed by atoms with E-state index in [4.69, 9.17) is 17.1 Å². The standard InChI is InChI=1S/C15H11ClN4O2/c1-22-15(21)14(19-20-17)7-10-6-12(9-18-8-10)11-2-4-13(16)5-3-11/h2-9H,1H3/b14-7-. The minimum atomic E-state index is -0.713. The Bertz CT molecular complexity index is 765. The number of aromatic nitrogens is 1. The van der Waals surface area contributed by atoms with Gasteiger partial charge in [0, 0.05) is 27.9 Å². The molecule has 1 aromatic carbocycles. The molecule has 2 rings (SSSR count). The number of azide groups is 1. The third kappa shape index (κ3) is 3.85. The molecule has 7 heteroatoms. The third-order valence-corrected chi connectivity index (χ3v) is 3.04. The lowest BCUT2D eigenvalue weighted by atomic mass is 10.1.